The van der Waals surface area contributed by atoms with Gasteiger partial charge in [0.1, 0.15) is 12.6 Å². The average Bonchev–Trinajstić information content (AvgIpc) is 2.60. The van der Waals surface area contributed by atoms with Gasteiger partial charge >= 0.3 is 12.3 Å². The first-order valence-electron chi connectivity index (χ1n) is 8.22. The number of hydrogen-bond donors (Lipinski definition) is 0. The maximum absolute atomic E-state index is 13.5. The smallest absolute Gasteiger partial charge is 0.410 e. The van der Waals surface area contributed by atoms with Gasteiger partial charge in [0.2, 0.25) is 0 Å². The van der Waals surface area contributed by atoms with Crippen molar-refractivity contribution in [1.29, 1.82) is 0 Å². The normalized spacial score (nSPS) is 23.5. The van der Waals surface area contributed by atoms with Crippen molar-refractivity contribution >= 4 is 6.09 Å². The van der Waals surface area contributed by atoms with E-state index in [9.17, 15) is 18.0 Å². The molecule has 1 aromatic carbocycles. The summed E-state index contributed by atoms with van der Waals surface area (Å²) in [4.78, 5) is 13.0. The zero-order valence-electron chi connectivity index (χ0n) is 13.6. The van der Waals surface area contributed by atoms with Crippen LogP contribution in [0.5, 0.6) is 0 Å². The van der Waals surface area contributed by atoms with Crippen molar-refractivity contribution in [1.82, 2.24) is 4.90 Å². The molecule has 0 N–H and O–H groups in total. The number of piperidine rings is 1. The van der Waals surface area contributed by atoms with Gasteiger partial charge in [-0.1, -0.05) is 30.3 Å². The van der Waals surface area contributed by atoms with Gasteiger partial charge in [-0.2, -0.15) is 13.2 Å². The molecule has 2 aliphatic rings. The van der Waals surface area contributed by atoms with Crippen LogP contribution >= 0.6 is 0 Å². The summed E-state index contributed by atoms with van der Waals surface area (Å²) in [6.45, 7) is 0.531. The second-order valence-corrected chi connectivity index (χ2v) is 6.21. The summed E-state index contributed by atoms with van der Waals surface area (Å²) in [6.07, 6.45) is -5.14. The van der Waals surface area contributed by atoms with Crippen molar-refractivity contribution in [3.8, 4) is 0 Å². The number of halogens is 3. The lowest BCUT2D eigenvalue weighted by Gasteiger charge is -2.47. The lowest BCUT2D eigenvalue weighted by molar-refractivity contribution is -0.309. The maximum Gasteiger partial charge on any atom is 0.410 e. The van der Waals surface area contributed by atoms with Gasteiger partial charge in [-0.15, -0.1) is 0 Å². The first-order chi connectivity index (χ1) is 11.9. The molecule has 138 valence electrons. The van der Waals surface area contributed by atoms with E-state index in [2.05, 4.69) is 0 Å². The Hall–Kier alpha value is -1.80. The lowest BCUT2D eigenvalue weighted by Crippen LogP contribution is -2.60. The van der Waals surface area contributed by atoms with Gasteiger partial charge in [-0.25, -0.2) is 4.79 Å². The summed E-state index contributed by atoms with van der Waals surface area (Å²) < 4.78 is 56.5. The van der Waals surface area contributed by atoms with Crippen LogP contribution in [-0.4, -0.2) is 48.8 Å². The molecule has 0 aliphatic carbocycles. The van der Waals surface area contributed by atoms with E-state index in [4.69, 9.17) is 14.2 Å². The molecule has 1 spiro atoms. The molecule has 1 aromatic rings. The van der Waals surface area contributed by atoms with Crippen LogP contribution in [0.2, 0.25) is 0 Å². The number of alkyl halides is 3. The van der Waals surface area contributed by atoms with Crippen molar-refractivity contribution in [3.63, 3.8) is 0 Å². The summed E-state index contributed by atoms with van der Waals surface area (Å²) in [6, 6.07) is 6.84. The van der Waals surface area contributed by atoms with Crippen LogP contribution in [0.4, 0.5) is 18.0 Å². The predicted octanol–water partition coefficient (Wildman–Crippen LogP) is 3.48. The molecule has 0 saturated carbocycles. The van der Waals surface area contributed by atoms with E-state index in [0.29, 0.717) is 25.2 Å². The Labute approximate surface area is 143 Å². The second kappa shape index (κ2) is 7.21. The maximum atomic E-state index is 13.5. The quantitative estimate of drug-likeness (QED) is 0.811. The van der Waals surface area contributed by atoms with Crippen molar-refractivity contribution in [2.45, 2.75) is 43.9 Å². The summed E-state index contributed by atoms with van der Waals surface area (Å²) >= 11 is 0. The lowest BCUT2D eigenvalue weighted by atomic mass is 9.95. The number of carbonyl (C=O) groups is 1. The molecule has 1 amide bonds. The van der Waals surface area contributed by atoms with Crippen LogP contribution in [-0.2, 0) is 20.8 Å². The van der Waals surface area contributed by atoms with Gasteiger partial charge in [-0.3, -0.25) is 4.90 Å². The molecule has 0 radical (unpaired) electrons. The van der Waals surface area contributed by atoms with Gasteiger partial charge in [-0.05, 0) is 12.0 Å². The van der Waals surface area contributed by atoms with E-state index in [-0.39, 0.29) is 19.6 Å². The predicted molar refractivity (Wildman–Crippen MR) is 81.7 cm³/mol. The molecule has 3 rings (SSSR count). The Morgan fingerprint density at radius 2 is 1.92 bits per heavy atom. The number of amides is 1. The largest absolute Gasteiger partial charge is 0.445 e. The number of likely N-dealkylation sites (tertiary alicyclic amines) is 1. The molecule has 8 heteroatoms. The van der Waals surface area contributed by atoms with E-state index in [1.54, 1.807) is 30.3 Å². The van der Waals surface area contributed by atoms with Gasteiger partial charge in [0.15, 0.2) is 5.79 Å². The highest BCUT2D eigenvalue weighted by atomic mass is 19.4. The van der Waals surface area contributed by atoms with E-state index < -0.39 is 30.5 Å². The van der Waals surface area contributed by atoms with Crippen LogP contribution in [0.25, 0.3) is 0 Å². The number of benzene rings is 1. The zero-order chi connectivity index (χ0) is 17.9. The number of carbonyl (C=O) groups excluding carboxylic acids is 1. The molecule has 2 aliphatic heterocycles. The van der Waals surface area contributed by atoms with Gasteiger partial charge in [0.05, 0.1) is 13.2 Å². The van der Waals surface area contributed by atoms with E-state index in [0.717, 1.165) is 4.90 Å². The molecule has 2 fully saturated rings. The van der Waals surface area contributed by atoms with E-state index >= 15 is 0 Å². The Bertz CT molecular complexity index is 587. The molecular formula is C17H20F3NO4. The molecule has 1 atom stereocenters. The first kappa shape index (κ1) is 18.0. The first-order valence-corrected chi connectivity index (χ1v) is 8.22. The highest BCUT2D eigenvalue weighted by Crippen LogP contribution is 2.40. The fourth-order valence-corrected chi connectivity index (χ4v) is 3.15. The third-order valence-electron chi connectivity index (χ3n) is 4.45. The summed E-state index contributed by atoms with van der Waals surface area (Å²) in [5.41, 5.74) is 0.715. The number of ether oxygens (including phenoxy) is 3. The average molecular weight is 359 g/mol. The monoisotopic (exact) mass is 359 g/mol. The Morgan fingerprint density at radius 1 is 1.24 bits per heavy atom. The molecule has 2 saturated heterocycles. The highest BCUT2D eigenvalue weighted by molar-refractivity contribution is 5.68. The SMILES string of the molecule is O=C(OCc1ccccc1)N1CCC2(CC1C(F)(F)F)OCCCO2. The molecular weight excluding hydrogens is 339 g/mol. The molecule has 0 bridgehead atoms. The molecule has 5 nitrogen and oxygen atoms in total. The van der Waals surface area contributed by atoms with E-state index in [1.807, 2.05) is 0 Å². The van der Waals surface area contributed by atoms with Crippen LogP contribution in [0.3, 0.4) is 0 Å². The topological polar surface area (TPSA) is 48.0 Å². The van der Waals surface area contributed by atoms with Crippen LogP contribution in [0.15, 0.2) is 30.3 Å². The van der Waals surface area contributed by atoms with Crippen molar-refractivity contribution < 1.29 is 32.2 Å². The molecule has 2 heterocycles. The second-order valence-electron chi connectivity index (χ2n) is 6.21. The van der Waals surface area contributed by atoms with Gasteiger partial charge in [0, 0.05) is 19.4 Å². The number of nitrogens with zero attached hydrogens (tertiary/aromatic N) is 1. The zero-order valence-corrected chi connectivity index (χ0v) is 13.6. The third kappa shape index (κ3) is 4.24. The molecule has 0 aromatic heterocycles. The molecule has 1 unspecified atom stereocenters. The number of hydrogen-bond acceptors (Lipinski definition) is 4. The minimum Gasteiger partial charge on any atom is -0.445 e. The van der Waals surface area contributed by atoms with Crippen molar-refractivity contribution in [2.75, 3.05) is 19.8 Å². The third-order valence-corrected chi connectivity index (χ3v) is 4.45. The summed E-state index contributed by atoms with van der Waals surface area (Å²) in [5, 5.41) is 0. The standard InChI is InChI=1S/C17H20F3NO4/c18-17(19,20)14-11-16(24-9-4-10-25-16)7-8-21(14)15(22)23-12-13-5-2-1-3-6-13/h1-3,5-6,14H,4,7-12H2. The Morgan fingerprint density at radius 3 is 2.56 bits per heavy atom. The highest BCUT2D eigenvalue weighted by Gasteiger charge is 2.55. The molecule has 25 heavy (non-hydrogen) atoms. The van der Waals surface area contributed by atoms with Gasteiger partial charge < -0.3 is 14.2 Å². The fourth-order valence-electron chi connectivity index (χ4n) is 3.15. The minimum absolute atomic E-state index is 0.0705. The Balaban J connectivity index is 1.67. The van der Waals surface area contributed by atoms with Crippen molar-refractivity contribution in [3.05, 3.63) is 35.9 Å². The minimum atomic E-state index is -4.58. The van der Waals surface area contributed by atoms with Crippen LogP contribution in [0, 0.1) is 0 Å². The summed E-state index contributed by atoms with van der Waals surface area (Å²) in [5.74, 6) is -1.26. The fraction of sp³-hybridized carbons (Fsp3) is 0.588. The summed E-state index contributed by atoms with van der Waals surface area (Å²) in [7, 11) is 0. The van der Waals surface area contributed by atoms with E-state index in [1.165, 1.54) is 0 Å². The van der Waals surface area contributed by atoms with Gasteiger partial charge in [0.25, 0.3) is 0 Å². The van der Waals surface area contributed by atoms with Crippen molar-refractivity contribution in [2.24, 2.45) is 0 Å². The Kier molecular flexibility index (Phi) is 5.19. The van der Waals surface area contributed by atoms with Crippen LogP contribution < -0.4 is 0 Å². The van der Waals surface area contributed by atoms with Crippen LogP contribution in [0.1, 0.15) is 24.8 Å². The number of rotatable bonds is 2.